The Balaban J connectivity index is 1.59. The largest absolute Gasteiger partial charge is 0.455 e. The third-order valence-corrected chi connectivity index (χ3v) is 5.63. The fourth-order valence-electron chi connectivity index (χ4n) is 3.73. The van der Waals surface area contributed by atoms with Crippen LogP contribution in [0.15, 0.2) is 18.5 Å². The van der Waals surface area contributed by atoms with Crippen molar-refractivity contribution in [2.45, 2.75) is 56.3 Å². The van der Waals surface area contributed by atoms with Crippen molar-refractivity contribution in [1.29, 1.82) is 0 Å². The van der Waals surface area contributed by atoms with E-state index in [0.717, 1.165) is 0 Å². The minimum absolute atomic E-state index is 0.112. The molecule has 10 heteroatoms. The lowest BCUT2D eigenvalue weighted by atomic mass is 9.91. The van der Waals surface area contributed by atoms with Gasteiger partial charge in [0, 0.05) is 0 Å². The number of carbonyl (C=O) groups excluding carboxylic acids is 1. The van der Waals surface area contributed by atoms with Crippen LogP contribution in [0.1, 0.15) is 26.5 Å². The molecule has 4 rings (SSSR count). The lowest BCUT2D eigenvalue weighted by molar-refractivity contribution is -0.166. The zero-order valence-electron chi connectivity index (χ0n) is 15.2. The number of aliphatic hydroxyl groups is 2. The summed E-state index contributed by atoms with van der Waals surface area (Å²) in [6.45, 7) is 5.23. The van der Waals surface area contributed by atoms with E-state index in [0.29, 0.717) is 11.2 Å². The molecule has 1 aliphatic carbocycles. The summed E-state index contributed by atoms with van der Waals surface area (Å²) in [5.74, 6) is -0.464. The summed E-state index contributed by atoms with van der Waals surface area (Å²) in [5, 5.41) is 25.9. The quantitative estimate of drug-likeness (QED) is 0.487. The van der Waals surface area contributed by atoms with Gasteiger partial charge in [0.1, 0.15) is 35.7 Å². The van der Waals surface area contributed by atoms with Crippen LogP contribution < -0.4 is 11.5 Å². The first-order chi connectivity index (χ1) is 12.6. The van der Waals surface area contributed by atoms with Crippen LogP contribution in [0.3, 0.4) is 0 Å². The molecule has 1 saturated carbocycles. The predicted octanol–water partition coefficient (Wildman–Crippen LogP) is -1.07. The molecular formula is C17H23N5O5. The second kappa shape index (κ2) is 5.61. The number of nitrogens with two attached hydrogens (primary N) is 2. The molecule has 0 amide bonds. The minimum Gasteiger partial charge on any atom is -0.455 e. The highest BCUT2D eigenvalue weighted by atomic mass is 16.6. The lowest BCUT2D eigenvalue weighted by Crippen LogP contribution is -2.47. The number of hydrogen-bond donors (Lipinski definition) is 4. The van der Waals surface area contributed by atoms with Crippen molar-refractivity contribution in [1.82, 2.24) is 14.6 Å². The summed E-state index contributed by atoms with van der Waals surface area (Å²) in [7, 11) is 0. The van der Waals surface area contributed by atoms with Gasteiger partial charge in [-0.25, -0.2) is 9.50 Å². The van der Waals surface area contributed by atoms with Crippen molar-refractivity contribution in [2.75, 3.05) is 5.73 Å². The first-order valence-electron chi connectivity index (χ1n) is 8.75. The molecule has 0 aromatic carbocycles. The fourth-order valence-corrected chi connectivity index (χ4v) is 3.73. The van der Waals surface area contributed by atoms with E-state index >= 15 is 0 Å². The summed E-state index contributed by atoms with van der Waals surface area (Å²) in [6.07, 6.45) is -1.88. The van der Waals surface area contributed by atoms with Gasteiger partial charge in [0.25, 0.3) is 0 Å². The Kier molecular flexibility index (Phi) is 3.77. The predicted molar refractivity (Wildman–Crippen MR) is 93.3 cm³/mol. The second-order valence-corrected chi connectivity index (χ2v) is 7.72. The molecule has 0 radical (unpaired) electrons. The first kappa shape index (κ1) is 18.1. The van der Waals surface area contributed by atoms with E-state index in [4.69, 9.17) is 20.9 Å². The summed E-state index contributed by atoms with van der Waals surface area (Å²) < 4.78 is 12.7. The minimum atomic E-state index is -1.70. The zero-order valence-corrected chi connectivity index (χ0v) is 15.2. The van der Waals surface area contributed by atoms with Crippen LogP contribution in [0.5, 0.6) is 0 Å². The Bertz CT molecular complexity index is 916. The monoisotopic (exact) mass is 377 g/mol. The van der Waals surface area contributed by atoms with Crippen LogP contribution in [0.25, 0.3) is 5.52 Å². The molecule has 6 N–H and O–H groups in total. The van der Waals surface area contributed by atoms with Gasteiger partial charge in [-0.2, -0.15) is 5.10 Å². The number of hydrogen-bond acceptors (Lipinski definition) is 9. The highest BCUT2D eigenvalue weighted by molar-refractivity contribution is 5.76. The highest BCUT2D eigenvalue weighted by Crippen LogP contribution is 2.59. The number of aromatic nitrogens is 3. The van der Waals surface area contributed by atoms with Crippen molar-refractivity contribution >= 4 is 17.3 Å². The molecule has 0 spiro atoms. The number of nitrogen functional groups attached to an aromatic ring is 1. The molecule has 6 atom stereocenters. The standard InChI is InChI=1S/C17H23N5O5/c1-7(2)10(18)14(23)26-11-12-17(11,25)15(24)16(3,27-12)9-5-4-8-13(19)20-6-21-22(8)9/h4-7,10-12,15,24-25H,18H2,1-3H3,(H2,19,20,21)/t10-,11?,12+,15-,16-,17+/m0/s1. The number of ether oxygens (including phenoxy) is 2. The van der Waals surface area contributed by atoms with Crippen LogP contribution in [0, 0.1) is 5.92 Å². The summed E-state index contributed by atoms with van der Waals surface area (Å²) in [5.41, 5.74) is 9.71. The molecule has 2 aromatic heterocycles. The van der Waals surface area contributed by atoms with E-state index in [-0.39, 0.29) is 11.7 Å². The third kappa shape index (κ3) is 2.30. The molecule has 2 fully saturated rings. The molecule has 10 nitrogen and oxygen atoms in total. The number of rotatable bonds is 4. The average Bonchev–Trinajstić information content (AvgIpc) is 2.94. The van der Waals surface area contributed by atoms with E-state index in [1.54, 1.807) is 32.9 Å². The molecule has 1 unspecified atom stereocenters. The van der Waals surface area contributed by atoms with E-state index in [1.807, 2.05) is 0 Å². The van der Waals surface area contributed by atoms with Crippen LogP contribution in [0.2, 0.25) is 0 Å². The fraction of sp³-hybridized carbons (Fsp3) is 0.588. The number of fused-ring (bicyclic) bond motifs is 2. The van der Waals surface area contributed by atoms with Gasteiger partial charge in [0.15, 0.2) is 17.5 Å². The number of nitrogens with zero attached hydrogens (tertiary/aromatic N) is 3. The maximum atomic E-state index is 12.1. The van der Waals surface area contributed by atoms with Gasteiger partial charge in [-0.3, -0.25) is 4.79 Å². The molecule has 1 aliphatic heterocycles. The topological polar surface area (TPSA) is 158 Å². The molecular weight excluding hydrogens is 354 g/mol. The van der Waals surface area contributed by atoms with Crippen LogP contribution in [-0.4, -0.2) is 60.7 Å². The summed E-state index contributed by atoms with van der Waals surface area (Å²) in [4.78, 5) is 16.0. The summed E-state index contributed by atoms with van der Waals surface area (Å²) in [6, 6.07) is 2.60. The van der Waals surface area contributed by atoms with Crippen molar-refractivity contribution in [3.63, 3.8) is 0 Å². The van der Waals surface area contributed by atoms with Crippen molar-refractivity contribution in [3.8, 4) is 0 Å². The first-order valence-corrected chi connectivity index (χ1v) is 8.75. The van der Waals surface area contributed by atoms with E-state index < -0.39 is 41.5 Å². The lowest BCUT2D eigenvalue weighted by Gasteiger charge is -2.32. The number of anilines is 1. The number of aliphatic hydroxyl groups excluding tert-OH is 1. The Morgan fingerprint density at radius 1 is 1.44 bits per heavy atom. The van der Waals surface area contributed by atoms with Crippen LogP contribution in [-0.2, 0) is 19.9 Å². The maximum absolute atomic E-state index is 12.1. The average molecular weight is 377 g/mol. The maximum Gasteiger partial charge on any atom is 0.323 e. The van der Waals surface area contributed by atoms with Gasteiger partial charge >= 0.3 is 5.97 Å². The Morgan fingerprint density at radius 3 is 2.74 bits per heavy atom. The molecule has 146 valence electrons. The van der Waals surface area contributed by atoms with Crippen molar-refractivity contribution in [2.24, 2.45) is 11.7 Å². The number of esters is 1. The molecule has 3 heterocycles. The molecule has 27 heavy (non-hydrogen) atoms. The highest BCUT2D eigenvalue weighted by Gasteiger charge is 2.82. The molecule has 0 bridgehead atoms. The van der Waals surface area contributed by atoms with E-state index in [2.05, 4.69) is 10.1 Å². The second-order valence-electron chi connectivity index (χ2n) is 7.72. The Morgan fingerprint density at radius 2 is 2.15 bits per heavy atom. The van der Waals surface area contributed by atoms with E-state index in [1.165, 1.54) is 10.8 Å². The van der Waals surface area contributed by atoms with Gasteiger partial charge in [-0.05, 0) is 25.0 Å². The summed E-state index contributed by atoms with van der Waals surface area (Å²) >= 11 is 0. The van der Waals surface area contributed by atoms with Gasteiger partial charge in [-0.1, -0.05) is 13.8 Å². The van der Waals surface area contributed by atoms with Crippen molar-refractivity contribution in [3.05, 3.63) is 24.2 Å². The third-order valence-electron chi connectivity index (χ3n) is 5.63. The van der Waals surface area contributed by atoms with E-state index in [9.17, 15) is 15.0 Å². The normalized spacial score (nSPS) is 36.0. The smallest absolute Gasteiger partial charge is 0.323 e. The Hall–Kier alpha value is -2.27. The SMILES string of the molecule is CC(C)[C@H](N)C(=O)OC1[C@H]2O[C@@](C)(c3ccc4c(N)ncnn34)[C@H](O)[C@@]12O. The molecule has 2 aliphatic rings. The van der Waals surface area contributed by atoms with Crippen molar-refractivity contribution < 1.29 is 24.5 Å². The van der Waals surface area contributed by atoms with Gasteiger partial charge in [0.05, 0.1) is 5.69 Å². The van der Waals surface area contributed by atoms with Crippen LogP contribution in [0.4, 0.5) is 5.82 Å². The van der Waals surface area contributed by atoms with Gasteiger partial charge < -0.3 is 31.2 Å². The van der Waals surface area contributed by atoms with Gasteiger partial charge in [0.2, 0.25) is 0 Å². The molecule has 1 saturated heterocycles. The van der Waals surface area contributed by atoms with Crippen LogP contribution >= 0.6 is 0 Å². The van der Waals surface area contributed by atoms with Gasteiger partial charge in [-0.15, -0.1) is 0 Å². The number of carbonyl (C=O) groups is 1. The molecule has 2 aromatic rings. The Labute approximate surface area is 155 Å². The zero-order chi connectivity index (χ0) is 19.7.